The van der Waals surface area contributed by atoms with Crippen LogP contribution < -0.4 is 9.64 Å². The summed E-state index contributed by atoms with van der Waals surface area (Å²) in [4.78, 5) is 2.16. The molecule has 0 spiro atoms. The number of aliphatic hydroxyl groups excluding tert-OH is 1. The molecule has 90 valence electrons. The fourth-order valence-electron chi connectivity index (χ4n) is 1.65. The van der Waals surface area contributed by atoms with E-state index in [0.717, 1.165) is 24.4 Å². The summed E-state index contributed by atoms with van der Waals surface area (Å²) >= 11 is 0. The maximum atomic E-state index is 9.16. The lowest BCUT2D eigenvalue weighted by Gasteiger charge is -2.24. The van der Waals surface area contributed by atoms with Gasteiger partial charge in [-0.2, -0.15) is 0 Å². The summed E-state index contributed by atoms with van der Waals surface area (Å²) in [5.74, 6) is 1.21. The molecule has 0 aliphatic rings. The third-order valence-electron chi connectivity index (χ3n) is 2.88. The average molecular weight is 223 g/mol. The van der Waals surface area contributed by atoms with Crippen molar-refractivity contribution in [3.63, 3.8) is 0 Å². The highest BCUT2D eigenvalue weighted by Gasteiger charge is 2.09. The van der Waals surface area contributed by atoms with Crippen molar-refractivity contribution >= 4 is 5.69 Å². The van der Waals surface area contributed by atoms with E-state index < -0.39 is 0 Å². The van der Waals surface area contributed by atoms with Gasteiger partial charge in [0, 0.05) is 25.9 Å². The third-order valence-corrected chi connectivity index (χ3v) is 2.88. The Morgan fingerprint density at radius 1 is 1.31 bits per heavy atom. The highest BCUT2D eigenvalue weighted by Crippen LogP contribution is 2.19. The summed E-state index contributed by atoms with van der Waals surface area (Å²) in [6.45, 7) is 3.22. The summed E-state index contributed by atoms with van der Waals surface area (Å²) in [6, 6.07) is 7.96. The normalized spacial score (nSPS) is 12.2. The zero-order valence-corrected chi connectivity index (χ0v) is 10.3. The van der Waals surface area contributed by atoms with Crippen molar-refractivity contribution in [2.45, 2.75) is 13.3 Å². The minimum atomic E-state index is 0.247. The van der Waals surface area contributed by atoms with E-state index in [1.54, 1.807) is 7.11 Å². The fourth-order valence-corrected chi connectivity index (χ4v) is 1.65. The van der Waals surface area contributed by atoms with Crippen LogP contribution in [0.4, 0.5) is 5.69 Å². The first-order chi connectivity index (χ1) is 7.71. The van der Waals surface area contributed by atoms with Crippen LogP contribution in [-0.4, -0.2) is 32.4 Å². The number of aliphatic hydroxyl groups is 1. The Labute approximate surface area is 97.7 Å². The van der Waals surface area contributed by atoms with E-state index in [1.807, 2.05) is 31.3 Å². The lowest BCUT2D eigenvalue weighted by molar-refractivity contribution is 0.225. The van der Waals surface area contributed by atoms with Gasteiger partial charge in [0.1, 0.15) is 5.75 Å². The third kappa shape index (κ3) is 3.42. The molecule has 1 aromatic rings. The predicted octanol–water partition coefficient (Wildman–Crippen LogP) is 2.15. The van der Waals surface area contributed by atoms with Crippen molar-refractivity contribution in [3.05, 3.63) is 24.3 Å². The molecule has 0 saturated heterocycles. The molecule has 0 radical (unpaired) electrons. The van der Waals surface area contributed by atoms with Crippen LogP contribution in [0.1, 0.15) is 13.3 Å². The van der Waals surface area contributed by atoms with Gasteiger partial charge in [0.2, 0.25) is 0 Å². The van der Waals surface area contributed by atoms with Crippen LogP contribution in [-0.2, 0) is 0 Å². The largest absolute Gasteiger partial charge is 0.497 e. The number of ether oxygens (including phenoxy) is 1. The zero-order chi connectivity index (χ0) is 12.0. The second-order valence-electron chi connectivity index (χ2n) is 4.04. The van der Waals surface area contributed by atoms with Crippen molar-refractivity contribution in [2.75, 3.05) is 32.2 Å². The quantitative estimate of drug-likeness (QED) is 0.802. The Morgan fingerprint density at radius 3 is 2.38 bits per heavy atom. The van der Waals surface area contributed by atoms with Crippen LogP contribution >= 0.6 is 0 Å². The van der Waals surface area contributed by atoms with Gasteiger partial charge in [-0.25, -0.2) is 0 Å². The lowest BCUT2D eigenvalue weighted by Crippen LogP contribution is -2.26. The van der Waals surface area contributed by atoms with Gasteiger partial charge in [0.05, 0.1) is 7.11 Å². The van der Waals surface area contributed by atoms with Gasteiger partial charge in [0.25, 0.3) is 0 Å². The van der Waals surface area contributed by atoms with E-state index in [4.69, 9.17) is 9.84 Å². The predicted molar refractivity (Wildman–Crippen MR) is 67.1 cm³/mol. The highest BCUT2D eigenvalue weighted by atomic mass is 16.5. The van der Waals surface area contributed by atoms with Crippen molar-refractivity contribution in [1.82, 2.24) is 0 Å². The molecular formula is C13H21NO2. The van der Waals surface area contributed by atoms with Crippen LogP contribution in [0.25, 0.3) is 0 Å². The number of benzene rings is 1. The molecule has 3 nitrogen and oxygen atoms in total. The molecule has 0 aliphatic carbocycles. The number of rotatable bonds is 6. The summed E-state index contributed by atoms with van der Waals surface area (Å²) in [5.41, 5.74) is 1.15. The Balaban J connectivity index is 2.61. The monoisotopic (exact) mass is 223 g/mol. The molecular weight excluding hydrogens is 202 g/mol. The summed E-state index contributed by atoms with van der Waals surface area (Å²) in [7, 11) is 3.71. The second kappa shape index (κ2) is 6.38. The Hall–Kier alpha value is -1.22. The molecule has 0 aliphatic heterocycles. The van der Waals surface area contributed by atoms with E-state index in [2.05, 4.69) is 11.8 Å². The first kappa shape index (κ1) is 12.8. The van der Waals surface area contributed by atoms with E-state index in [1.165, 1.54) is 0 Å². The minimum absolute atomic E-state index is 0.247. The minimum Gasteiger partial charge on any atom is -0.497 e. The van der Waals surface area contributed by atoms with Crippen LogP contribution in [0, 0.1) is 5.92 Å². The number of hydrogen-bond acceptors (Lipinski definition) is 3. The van der Waals surface area contributed by atoms with Crippen molar-refractivity contribution in [1.29, 1.82) is 0 Å². The van der Waals surface area contributed by atoms with Crippen LogP contribution in [0.3, 0.4) is 0 Å². The smallest absolute Gasteiger partial charge is 0.119 e. The molecule has 1 aromatic carbocycles. The zero-order valence-electron chi connectivity index (χ0n) is 10.3. The van der Waals surface area contributed by atoms with Gasteiger partial charge in [-0.1, -0.05) is 6.92 Å². The Kier molecular flexibility index (Phi) is 5.12. The van der Waals surface area contributed by atoms with Crippen molar-refractivity contribution < 1.29 is 9.84 Å². The molecule has 0 heterocycles. The molecule has 1 unspecified atom stereocenters. The second-order valence-corrected chi connectivity index (χ2v) is 4.04. The fraction of sp³-hybridized carbons (Fsp3) is 0.538. The molecule has 16 heavy (non-hydrogen) atoms. The van der Waals surface area contributed by atoms with Gasteiger partial charge < -0.3 is 14.7 Å². The number of anilines is 1. The maximum Gasteiger partial charge on any atom is 0.119 e. The molecule has 3 heteroatoms. The molecule has 0 bridgehead atoms. The van der Waals surface area contributed by atoms with E-state index >= 15 is 0 Å². The van der Waals surface area contributed by atoms with Crippen molar-refractivity contribution in [2.24, 2.45) is 5.92 Å². The van der Waals surface area contributed by atoms with Gasteiger partial charge in [0.15, 0.2) is 0 Å². The van der Waals surface area contributed by atoms with Crippen molar-refractivity contribution in [3.8, 4) is 5.75 Å². The Morgan fingerprint density at radius 2 is 1.94 bits per heavy atom. The lowest BCUT2D eigenvalue weighted by atomic mass is 10.1. The van der Waals surface area contributed by atoms with E-state index in [9.17, 15) is 0 Å². The van der Waals surface area contributed by atoms with Crippen LogP contribution in [0.5, 0.6) is 5.75 Å². The Bertz CT molecular complexity index is 293. The number of methoxy groups -OCH3 is 1. The topological polar surface area (TPSA) is 32.7 Å². The molecule has 1 N–H and O–H groups in total. The van der Waals surface area contributed by atoms with Gasteiger partial charge in [-0.05, 0) is 36.6 Å². The first-order valence-corrected chi connectivity index (χ1v) is 5.67. The van der Waals surface area contributed by atoms with Gasteiger partial charge >= 0.3 is 0 Å². The molecule has 1 atom stereocenters. The molecule has 0 amide bonds. The molecule has 0 saturated carbocycles. The van der Waals surface area contributed by atoms with Gasteiger partial charge in [-0.15, -0.1) is 0 Å². The maximum absolute atomic E-state index is 9.16. The SMILES string of the molecule is CCC(CO)CN(C)c1ccc(OC)cc1. The summed E-state index contributed by atoms with van der Waals surface area (Å²) < 4.78 is 5.11. The average Bonchev–Trinajstić information content (AvgIpc) is 2.35. The van der Waals surface area contributed by atoms with Crippen LogP contribution in [0.2, 0.25) is 0 Å². The van der Waals surface area contributed by atoms with E-state index in [0.29, 0.717) is 5.92 Å². The highest BCUT2D eigenvalue weighted by molar-refractivity contribution is 5.48. The molecule has 0 fully saturated rings. The standard InChI is InChI=1S/C13H21NO2/c1-4-11(10-15)9-14(2)12-5-7-13(16-3)8-6-12/h5-8,11,15H,4,9-10H2,1-3H3. The molecule has 1 rings (SSSR count). The van der Waals surface area contributed by atoms with E-state index in [-0.39, 0.29) is 6.61 Å². The number of hydrogen-bond donors (Lipinski definition) is 1. The summed E-state index contributed by atoms with van der Waals surface area (Å²) in [6.07, 6.45) is 0.997. The number of nitrogens with zero attached hydrogens (tertiary/aromatic N) is 1. The van der Waals surface area contributed by atoms with Gasteiger partial charge in [-0.3, -0.25) is 0 Å². The van der Waals surface area contributed by atoms with Crippen LogP contribution in [0.15, 0.2) is 24.3 Å². The molecule has 0 aromatic heterocycles. The summed E-state index contributed by atoms with van der Waals surface area (Å²) in [5, 5.41) is 9.16. The first-order valence-electron chi connectivity index (χ1n) is 5.67.